The quantitative estimate of drug-likeness (QED) is 0.136. The average Bonchev–Trinajstić information content (AvgIpc) is 3.50. The number of hydrogen-bond acceptors (Lipinski definition) is 6. The zero-order valence-corrected chi connectivity index (χ0v) is 22.3. The van der Waals surface area contributed by atoms with Crippen molar-refractivity contribution in [3.63, 3.8) is 0 Å². The Morgan fingerprint density at radius 1 is 1.13 bits per heavy atom. The van der Waals surface area contributed by atoms with Crippen LogP contribution in [0.15, 0.2) is 18.2 Å². The van der Waals surface area contributed by atoms with E-state index in [-0.39, 0.29) is 24.6 Å². The summed E-state index contributed by atoms with van der Waals surface area (Å²) in [4.78, 5) is 8.92. The number of nitrogens with zero attached hydrogens (tertiary/aromatic N) is 5. The van der Waals surface area contributed by atoms with E-state index in [4.69, 9.17) is 10.4 Å². The first kappa shape index (κ1) is 27.6. The number of pyridine rings is 1. The van der Waals surface area contributed by atoms with Crippen molar-refractivity contribution < 1.29 is 13.2 Å². The molecule has 2 heterocycles. The lowest BCUT2D eigenvalue weighted by atomic mass is 10.1. The molecule has 12 heteroatoms. The molecule has 2 aromatic heterocycles. The number of anilines is 1. The molecule has 0 spiro atoms. The van der Waals surface area contributed by atoms with Crippen molar-refractivity contribution in [2.24, 2.45) is 13.0 Å². The van der Waals surface area contributed by atoms with Gasteiger partial charge in [-0.1, -0.05) is 12.8 Å². The van der Waals surface area contributed by atoms with Crippen LogP contribution in [0.3, 0.4) is 0 Å². The number of hydrogen-bond donors (Lipinski definition) is 4. The third kappa shape index (κ3) is 6.02. The number of hydrazine groups is 2. The Balaban J connectivity index is 1.74. The molecule has 1 saturated carbocycles. The topological polar surface area (TPSA) is 97.1 Å². The summed E-state index contributed by atoms with van der Waals surface area (Å²) in [6.07, 6.45) is 4.86. The van der Waals surface area contributed by atoms with Crippen LogP contribution in [0.1, 0.15) is 49.4 Å². The van der Waals surface area contributed by atoms with Crippen molar-refractivity contribution >= 4 is 22.8 Å². The van der Waals surface area contributed by atoms with E-state index in [9.17, 15) is 13.2 Å². The number of guanidine groups is 1. The zero-order valence-electron chi connectivity index (χ0n) is 22.3. The van der Waals surface area contributed by atoms with Gasteiger partial charge in [-0.15, -0.1) is 0 Å². The van der Waals surface area contributed by atoms with E-state index in [1.165, 1.54) is 25.7 Å². The minimum Gasteiger partial charge on any atom is -0.356 e. The maximum Gasteiger partial charge on any atom is 0.207 e. The molecule has 0 radical (unpaired) electrons. The molecule has 3 aromatic rings. The Hall–Kier alpha value is -3.38. The van der Waals surface area contributed by atoms with E-state index in [0.29, 0.717) is 5.92 Å². The zero-order chi connectivity index (χ0) is 27.4. The fraction of sp³-hybridized carbons (Fsp3) is 0.500. The molecule has 38 heavy (non-hydrogen) atoms. The van der Waals surface area contributed by atoms with Crippen LogP contribution in [0.25, 0.3) is 11.0 Å². The van der Waals surface area contributed by atoms with Crippen LogP contribution in [-0.2, 0) is 20.1 Å². The molecular weight excluding hydrogens is 495 g/mol. The first-order valence-corrected chi connectivity index (χ1v) is 12.9. The van der Waals surface area contributed by atoms with Gasteiger partial charge in [-0.2, -0.15) is 10.6 Å². The van der Waals surface area contributed by atoms with Gasteiger partial charge in [-0.05, 0) is 56.4 Å². The standard InChI is InChI=1S/C26H36F3N9/c1-5-37(13-17-8-6-7-9-17)24-19(12-20-16(2)34-36(4)25(20)32-24)15-38(26(30)33-35-31-3)14-18-10-21(27)23(29)22(28)11-18/h10-12,17,31,35H,5-9,13-15H2,1-4H3,(H2,30,33). The highest BCUT2D eigenvalue weighted by Crippen LogP contribution is 2.31. The fourth-order valence-corrected chi connectivity index (χ4v) is 5.18. The summed E-state index contributed by atoms with van der Waals surface area (Å²) in [7, 11) is 3.50. The predicted octanol–water partition coefficient (Wildman–Crippen LogP) is 3.88. The van der Waals surface area contributed by atoms with Crippen molar-refractivity contribution in [2.75, 3.05) is 25.0 Å². The van der Waals surface area contributed by atoms with Crippen LogP contribution in [0.5, 0.6) is 0 Å². The van der Waals surface area contributed by atoms with Gasteiger partial charge in [0, 0.05) is 51.2 Å². The van der Waals surface area contributed by atoms with Crippen LogP contribution in [0.4, 0.5) is 19.0 Å². The van der Waals surface area contributed by atoms with Crippen LogP contribution in [0, 0.1) is 35.7 Å². The normalized spacial score (nSPS) is 13.9. The molecular formula is C26H36F3N9. The SMILES string of the molecule is CCN(CC1CCCC1)c1nc2c(cc1CN(Cc1cc(F)c(F)c(F)c1)C(=N)NNNC)c(C)nn2C. The molecule has 4 rings (SSSR count). The molecule has 1 aliphatic carbocycles. The predicted molar refractivity (Wildman–Crippen MR) is 142 cm³/mol. The molecule has 0 bridgehead atoms. The molecule has 0 amide bonds. The van der Waals surface area contributed by atoms with Crippen LogP contribution in [0.2, 0.25) is 0 Å². The molecule has 0 saturated heterocycles. The Morgan fingerprint density at radius 2 is 1.82 bits per heavy atom. The number of nitrogens with one attached hydrogen (secondary N) is 4. The number of aromatic nitrogens is 3. The van der Waals surface area contributed by atoms with Crippen LogP contribution in [-0.4, -0.2) is 45.8 Å². The van der Waals surface area contributed by atoms with E-state index in [0.717, 1.165) is 53.3 Å². The second kappa shape index (κ2) is 12.0. The minimum absolute atomic E-state index is 0.0381. The van der Waals surface area contributed by atoms with E-state index in [2.05, 4.69) is 33.3 Å². The summed E-state index contributed by atoms with van der Waals surface area (Å²) in [6, 6.07) is 3.95. The summed E-state index contributed by atoms with van der Waals surface area (Å²) in [5.74, 6) is -2.70. The molecule has 0 unspecified atom stereocenters. The second-order valence-corrected chi connectivity index (χ2v) is 9.82. The summed E-state index contributed by atoms with van der Waals surface area (Å²) in [5.41, 5.74) is 10.7. The van der Waals surface area contributed by atoms with Gasteiger partial charge < -0.3 is 9.80 Å². The van der Waals surface area contributed by atoms with E-state index < -0.39 is 17.5 Å². The molecule has 206 valence electrons. The fourth-order valence-electron chi connectivity index (χ4n) is 5.18. The Labute approximate surface area is 220 Å². The van der Waals surface area contributed by atoms with Gasteiger partial charge in [0.25, 0.3) is 0 Å². The number of benzene rings is 1. The van der Waals surface area contributed by atoms with E-state index in [1.54, 1.807) is 16.6 Å². The molecule has 9 nitrogen and oxygen atoms in total. The van der Waals surface area contributed by atoms with Gasteiger partial charge in [-0.3, -0.25) is 15.5 Å². The summed E-state index contributed by atoms with van der Waals surface area (Å²) >= 11 is 0. The van der Waals surface area contributed by atoms with Gasteiger partial charge in [0.2, 0.25) is 5.96 Å². The molecule has 0 atom stereocenters. The smallest absolute Gasteiger partial charge is 0.207 e. The third-order valence-electron chi connectivity index (χ3n) is 7.09. The number of fused-ring (bicyclic) bond motifs is 1. The summed E-state index contributed by atoms with van der Waals surface area (Å²) in [5, 5.41) is 14.1. The highest BCUT2D eigenvalue weighted by molar-refractivity contribution is 5.82. The van der Waals surface area contributed by atoms with Crippen LogP contribution < -0.4 is 21.3 Å². The number of halogens is 3. The number of aryl methyl sites for hydroxylation is 2. The largest absolute Gasteiger partial charge is 0.356 e. The molecule has 1 aromatic carbocycles. The van der Waals surface area contributed by atoms with Crippen molar-refractivity contribution in [1.82, 2.24) is 36.1 Å². The maximum atomic E-state index is 14.0. The Bertz CT molecular complexity index is 1260. The summed E-state index contributed by atoms with van der Waals surface area (Å²) < 4.78 is 43.4. The molecule has 1 aliphatic rings. The maximum absolute atomic E-state index is 14.0. The monoisotopic (exact) mass is 531 g/mol. The number of rotatable bonds is 10. The first-order chi connectivity index (χ1) is 18.2. The Morgan fingerprint density at radius 3 is 2.45 bits per heavy atom. The third-order valence-corrected chi connectivity index (χ3v) is 7.09. The Kier molecular flexibility index (Phi) is 8.72. The van der Waals surface area contributed by atoms with E-state index in [1.807, 2.05) is 20.0 Å². The highest BCUT2D eigenvalue weighted by Gasteiger charge is 2.24. The molecule has 1 fully saturated rings. The van der Waals surface area contributed by atoms with Gasteiger partial charge >= 0.3 is 0 Å². The van der Waals surface area contributed by atoms with E-state index >= 15 is 0 Å². The summed E-state index contributed by atoms with van der Waals surface area (Å²) in [6.45, 7) is 5.83. The lowest BCUT2D eigenvalue weighted by molar-refractivity contribution is 0.367. The van der Waals surface area contributed by atoms with Gasteiger partial charge in [0.05, 0.1) is 5.69 Å². The van der Waals surface area contributed by atoms with Crippen molar-refractivity contribution in [3.8, 4) is 0 Å². The lowest BCUT2D eigenvalue weighted by Crippen LogP contribution is -2.50. The van der Waals surface area contributed by atoms with Crippen molar-refractivity contribution in [2.45, 2.75) is 52.6 Å². The minimum atomic E-state index is -1.51. The van der Waals surface area contributed by atoms with Crippen molar-refractivity contribution in [3.05, 3.63) is 52.5 Å². The lowest BCUT2D eigenvalue weighted by Gasteiger charge is -2.31. The van der Waals surface area contributed by atoms with Gasteiger partial charge in [0.1, 0.15) is 5.82 Å². The van der Waals surface area contributed by atoms with Gasteiger partial charge in [0.15, 0.2) is 23.1 Å². The first-order valence-electron chi connectivity index (χ1n) is 12.9. The average molecular weight is 532 g/mol. The van der Waals surface area contributed by atoms with Crippen molar-refractivity contribution in [1.29, 1.82) is 5.41 Å². The molecule has 0 aliphatic heterocycles. The second-order valence-electron chi connectivity index (χ2n) is 9.82. The molecule has 4 N–H and O–H groups in total. The van der Waals surface area contributed by atoms with Crippen LogP contribution >= 0.6 is 0 Å². The van der Waals surface area contributed by atoms with Gasteiger partial charge in [-0.25, -0.2) is 23.6 Å². The highest BCUT2D eigenvalue weighted by atomic mass is 19.2.